The van der Waals surface area contributed by atoms with Crippen LogP contribution < -0.4 is 10.9 Å². The van der Waals surface area contributed by atoms with Gasteiger partial charge in [0.15, 0.2) is 0 Å². The molecular formula is C12H15N3O3. The van der Waals surface area contributed by atoms with Crippen molar-refractivity contribution in [1.29, 1.82) is 0 Å². The molecule has 0 aliphatic heterocycles. The highest BCUT2D eigenvalue weighted by atomic mass is 16.2. The molecule has 0 radical (unpaired) electrons. The number of nitrogens with one attached hydrogen (secondary N) is 2. The van der Waals surface area contributed by atoms with Gasteiger partial charge in [0.1, 0.15) is 5.69 Å². The molecule has 96 valence electrons. The lowest BCUT2D eigenvalue weighted by Crippen LogP contribution is -2.39. The number of H-pyrrole nitrogens is 1. The van der Waals surface area contributed by atoms with Crippen LogP contribution in [0.1, 0.15) is 23.3 Å². The lowest BCUT2D eigenvalue weighted by atomic mass is 10.3. The number of nitrogens with zero attached hydrogens (tertiary/aromatic N) is 1. The lowest BCUT2D eigenvalue weighted by molar-refractivity contribution is -0.121. The number of likely N-dealkylation sites (N-methyl/N-ethyl adjacent to an activating group) is 1. The van der Waals surface area contributed by atoms with Gasteiger partial charge in [-0.15, -0.1) is 0 Å². The van der Waals surface area contributed by atoms with Gasteiger partial charge in [-0.2, -0.15) is 0 Å². The molecule has 1 heterocycles. The van der Waals surface area contributed by atoms with Crippen LogP contribution in [0.15, 0.2) is 23.0 Å². The van der Waals surface area contributed by atoms with E-state index in [0.29, 0.717) is 0 Å². The minimum atomic E-state index is -0.376. The smallest absolute Gasteiger partial charge is 0.270 e. The second kappa shape index (κ2) is 5.03. The molecule has 0 bridgehead atoms. The van der Waals surface area contributed by atoms with Gasteiger partial charge < -0.3 is 15.2 Å². The predicted octanol–water partition coefficient (Wildman–Crippen LogP) is -0.275. The number of hydrogen-bond acceptors (Lipinski definition) is 3. The summed E-state index contributed by atoms with van der Waals surface area (Å²) in [6.07, 6.45) is 2.02. The van der Waals surface area contributed by atoms with E-state index in [2.05, 4.69) is 10.3 Å². The van der Waals surface area contributed by atoms with Gasteiger partial charge in [-0.25, -0.2) is 0 Å². The maximum Gasteiger partial charge on any atom is 0.270 e. The van der Waals surface area contributed by atoms with Crippen LogP contribution in [0.5, 0.6) is 0 Å². The number of aromatic nitrogens is 1. The highest BCUT2D eigenvalue weighted by Crippen LogP contribution is 2.18. The molecule has 0 aromatic carbocycles. The van der Waals surface area contributed by atoms with Crippen LogP contribution in [-0.2, 0) is 4.79 Å². The summed E-state index contributed by atoms with van der Waals surface area (Å²) in [5, 5.41) is 2.80. The molecule has 1 fully saturated rings. The summed E-state index contributed by atoms with van der Waals surface area (Å²) in [5.74, 6) is -0.551. The van der Waals surface area contributed by atoms with Crippen LogP contribution in [-0.4, -0.2) is 41.3 Å². The van der Waals surface area contributed by atoms with Crippen molar-refractivity contribution < 1.29 is 9.59 Å². The minimum absolute atomic E-state index is 0.00768. The van der Waals surface area contributed by atoms with Gasteiger partial charge in [-0.3, -0.25) is 14.4 Å². The first-order valence-electron chi connectivity index (χ1n) is 5.80. The largest absolute Gasteiger partial charge is 0.352 e. The van der Waals surface area contributed by atoms with E-state index in [1.54, 1.807) is 0 Å². The van der Waals surface area contributed by atoms with Gasteiger partial charge in [0.2, 0.25) is 11.5 Å². The molecule has 0 atom stereocenters. The second-order valence-corrected chi connectivity index (χ2v) is 4.43. The van der Waals surface area contributed by atoms with E-state index in [-0.39, 0.29) is 35.7 Å². The summed E-state index contributed by atoms with van der Waals surface area (Å²) in [7, 11) is 1.53. The molecule has 18 heavy (non-hydrogen) atoms. The molecule has 2 rings (SSSR count). The van der Waals surface area contributed by atoms with Gasteiger partial charge in [0.05, 0.1) is 6.54 Å². The Kier molecular flexibility index (Phi) is 3.45. The zero-order valence-electron chi connectivity index (χ0n) is 10.1. The predicted molar refractivity (Wildman–Crippen MR) is 65.2 cm³/mol. The highest BCUT2D eigenvalue weighted by molar-refractivity contribution is 5.94. The average Bonchev–Trinajstić information content (AvgIpc) is 3.11. The molecule has 0 spiro atoms. The second-order valence-electron chi connectivity index (χ2n) is 4.43. The van der Waals surface area contributed by atoms with Crippen molar-refractivity contribution in [3.05, 3.63) is 34.2 Å². The van der Waals surface area contributed by atoms with E-state index in [4.69, 9.17) is 0 Å². The highest BCUT2D eigenvalue weighted by Gasteiger charge is 2.24. The molecule has 2 N–H and O–H groups in total. The normalized spacial score (nSPS) is 14.1. The average molecular weight is 249 g/mol. The van der Waals surface area contributed by atoms with E-state index in [0.717, 1.165) is 12.8 Å². The van der Waals surface area contributed by atoms with Crippen LogP contribution in [0, 0.1) is 0 Å². The van der Waals surface area contributed by atoms with Crippen molar-refractivity contribution in [2.45, 2.75) is 18.9 Å². The van der Waals surface area contributed by atoms with Crippen molar-refractivity contribution >= 4 is 11.8 Å². The van der Waals surface area contributed by atoms with Crippen LogP contribution in [0.3, 0.4) is 0 Å². The van der Waals surface area contributed by atoms with E-state index in [1.807, 2.05) is 0 Å². The Morgan fingerprint density at radius 1 is 1.44 bits per heavy atom. The number of carbonyl (C=O) groups excluding carboxylic acids is 2. The summed E-state index contributed by atoms with van der Waals surface area (Å²) >= 11 is 0. The number of hydrogen-bond donors (Lipinski definition) is 2. The molecule has 1 aromatic rings. The topological polar surface area (TPSA) is 82.3 Å². The Morgan fingerprint density at radius 2 is 2.17 bits per heavy atom. The zero-order valence-corrected chi connectivity index (χ0v) is 10.1. The molecule has 1 aromatic heterocycles. The number of amides is 2. The third-order valence-electron chi connectivity index (χ3n) is 2.67. The number of rotatable bonds is 4. The maximum atomic E-state index is 11.9. The van der Waals surface area contributed by atoms with Gasteiger partial charge in [-0.1, -0.05) is 6.07 Å². The molecule has 6 heteroatoms. The third-order valence-corrected chi connectivity index (χ3v) is 2.67. The maximum absolute atomic E-state index is 11.9. The van der Waals surface area contributed by atoms with Crippen molar-refractivity contribution in [2.75, 3.05) is 13.6 Å². The minimum Gasteiger partial charge on any atom is -0.352 e. The molecule has 0 unspecified atom stereocenters. The Balaban J connectivity index is 1.95. The van der Waals surface area contributed by atoms with Crippen molar-refractivity contribution in [3.63, 3.8) is 0 Å². The van der Waals surface area contributed by atoms with Crippen LogP contribution in [0.4, 0.5) is 0 Å². The fourth-order valence-corrected chi connectivity index (χ4v) is 1.57. The molecule has 2 amide bonds. The number of carbonyl (C=O) groups is 2. The summed E-state index contributed by atoms with van der Waals surface area (Å²) in [4.78, 5) is 38.2. The summed E-state index contributed by atoms with van der Waals surface area (Å²) in [6, 6.07) is 4.62. The van der Waals surface area contributed by atoms with Crippen molar-refractivity contribution in [1.82, 2.24) is 15.2 Å². The van der Waals surface area contributed by atoms with Crippen molar-refractivity contribution in [3.8, 4) is 0 Å². The molecule has 1 aliphatic rings. The fourth-order valence-electron chi connectivity index (χ4n) is 1.57. The van der Waals surface area contributed by atoms with Crippen LogP contribution in [0.2, 0.25) is 0 Å². The summed E-state index contributed by atoms with van der Waals surface area (Å²) in [6.45, 7) is -0.00768. The van der Waals surface area contributed by atoms with Crippen LogP contribution >= 0.6 is 0 Å². The van der Waals surface area contributed by atoms with E-state index < -0.39 is 0 Å². The van der Waals surface area contributed by atoms with E-state index >= 15 is 0 Å². The van der Waals surface area contributed by atoms with Gasteiger partial charge >= 0.3 is 0 Å². The Bertz CT molecular complexity index is 519. The quantitative estimate of drug-likeness (QED) is 0.770. The van der Waals surface area contributed by atoms with Gasteiger partial charge in [-0.05, 0) is 18.9 Å². The molecular weight excluding hydrogens is 234 g/mol. The molecule has 0 saturated heterocycles. The SMILES string of the molecule is CN(CC(=O)NC1CC1)C(=O)c1cccc(=O)[nH]1. The van der Waals surface area contributed by atoms with Crippen molar-refractivity contribution in [2.24, 2.45) is 0 Å². The standard InChI is InChI=1S/C12H15N3O3/c1-15(7-11(17)13-8-5-6-8)12(18)9-3-2-4-10(16)14-9/h2-4,8H,5-7H2,1H3,(H,13,17)(H,14,16). The zero-order chi connectivity index (χ0) is 13.1. The van der Waals surface area contributed by atoms with E-state index in [1.165, 1.54) is 30.1 Å². The summed E-state index contributed by atoms with van der Waals surface area (Å²) in [5.41, 5.74) is -0.152. The first-order valence-corrected chi connectivity index (χ1v) is 5.80. The number of aromatic amines is 1. The van der Waals surface area contributed by atoms with Gasteiger partial charge in [0, 0.05) is 19.2 Å². The van der Waals surface area contributed by atoms with E-state index in [9.17, 15) is 14.4 Å². The lowest BCUT2D eigenvalue weighted by Gasteiger charge is -2.16. The van der Waals surface area contributed by atoms with Crippen LogP contribution in [0.25, 0.3) is 0 Å². The Hall–Kier alpha value is -2.11. The monoisotopic (exact) mass is 249 g/mol. The number of pyridine rings is 1. The molecule has 1 saturated carbocycles. The third kappa shape index (κ3) is 3.19. The first kappa shape index (κ1) is 12.3. The Morgan fingerprint density at radius 3 is 2.78 bits per heavy atom. The molecule has 1 aliphatic carbocycles. The van der Waals surface area contributed by atoms with Gasteiger partial charge in [0.25, 0.3) is 5.91 Å². The fraction of sp³-hybridized carbons (Fsp3) is 0.417. The Labute approximate surface area is 104 Å². The first-order chi connectivity index (χ1) is 8.56. The summed E-state index contributed by atoms with van der Waals surface area (Å²) < 4.78 is 0. The molecule has 6 nitrogen and oxygen atoms in total.